The average Bonchev–Trinajstić information content (AvgIpc) is 2.83. The first kappa shape index (κ1) is 28.9. The number of aliphatic imine (C=N–C) groups is 1. The third-order valence-corrected chi connectivity index (χ3v) is 7.29. The van der Waals surface area contributed by atoms with Crippen molar-refractivity contribution in [2.45, 2.75) is 96.3 Å². The molecular weight excluding hydrogens is 499 g/mol. The number of allylic oxidation sites excluding steroid dienone is 1. The second kappa shape index (κ2) is 12.7. The summed E-state index contributed by atoms with van der Waals surface area (Å²) >= 11 is 6.15. The first-order chi connectivity index (χ1) is 17.1. The van der Waals surface area contributed by atoms with E-state index in [1.807, 2.05) is 13.8 Å². The van der Waals surface area contributed by atoms with E-state index in [1.165, 1.54) is 18.3 Å². The van der Waals surface area contributed by atoms with Gasteiger partial charge in [0.05, 0.1) is 29.2 Å². The fourth-order valence-electron chi connectivity index (χ4n) is 4.89. The monoisotopic (exact) mass is 534 g/mol. The van der Waals surface area contributed by atoms with Crippen LogP contribution in [-0.4, -0.2) is 29.2 Å². The molecule has 36 heavy (non-hydrogen) atoms. The molecule has 4 unspecified atom stereocenters. The summed E-state index contributed by atoms with van der Waals surface area (Å²) in [5, 5.41) is 0.513. The molecule has 0 spiro atoms. The van der Waals surface area contributed by atoms with Gasteiger partial charge in [-0.1, -0.05) is 58.9 Å². The summed E-state index contributed by atoms with van der Waals surface area (Å²) in [6.07, 6.45) is 6.15. The van der Waals surface area contributed by atoms with Crippen molar-refractivity contribution in [2.24, 2.45) is 16.8 Å². The fraction of sp³-hybridized carbons (Fsp3) is 0.667. The molecule has 0 aromatic heterocycles. The highest BCUT2D eigenvalue weighted by molar-refractivity contribution is 6.20. The van der Waals surface area contributed by atoms with Gasteiger partial charge in [0, 0.05) is 6.20 Å². The van der Waals surface area contributed by atoms with E-state index in [0.29, 0.717) is 12.8 Å². The van der Waals surface area contributed by atoms with E-state index in [-0.39, 0.29) is 47.6 Å². The van der Waals surface area contributed by atoms with Gasteiger partial charge in [-0.2, -0.15) is 4.39 Å². The Morgan fingerprint density at radius 2 is 1.86 bits per heavy atom. The number of hydrogen-bond acceptors (Lipinski definition) is 3. The number of benzene rings is 1. The molecule has 2 aliphatic rings. The van der Waals surface area contributed by atoms with Crippen molar-refractivity contribution < 1.29 is 26.8 Å². The van der Waals surface area contributed by atoms with Crippen molar-refractivity contribution in [3.63, 3.8) is 0 Å². The van der Waals surface area contributed by atoms with Crippen molar-refractivity contribution >= 4 is 17.3 Å². The molecule has 4 atom stereocenters. The minimum atomic E-state index is -3.74. The lowest BCUT2D eigenvalue weighted by molar-refractivity contribution is -0.180. The average molecular weight is 535 g/mol. The van der Waals surface area contributed by atoms with Gasteiger partial charge in [0.1, 0.15) is 0 Å². The molecule has 1 heterocycles. The van der Waals surface area contributed by atoms with Gasteiger partial charge in [0.25, 0.3) is 12.3 Å². The van der Waals surface area contributed by atoms with Gasteiger partial charge in [-0.3, -0.25) is 4.84 Å². The van der Waals surface area contributed by atoms with Crippen molar-refractivity contribution in [3.05, 3.63) is 46.7 Å². The molecule has 202 valence electrons. The van der Waals surface area contributed by atoms with Gasteiger partial charge in [-0.15, -0.1) is 11.6 Å². The second-order valence-corrected chi connectivity index (χ2v) is 10.6. The number of alkyl halides is 4. The van der Waals surface area contributed by atoms with Crippen molar-refractivity contribution in [2.75, 3.05) is 6.61 Å². The van der Waals surface area contributed by atoms with E-state index in [0.717, 1.165) is 37.2 Å². The zero-order valence-corrected chi connectivity index (χ0v) is 21.9. The highest BCUT2D eigenvalue weighted by Gasteiger charge is 2.51. The number of unbranched alkanes of at least 4 members (excludes halogenated alkanes) is 2. The summed E-state index contributed by atoms with van der Waals surface area (Å²) in [6.45, 7) is 6.08. The lowest BCUT2D eigenvalue weighted by atomic mass is 9.76. The van der Waals surface area contributed by atoms with E-state index in [9.17, 15) is 8.78 Å². The lowest BCUT2D eigenvalue weighted by Gasteiger charge is -2.36. The van der Waals surface area contributed by atoms with Crippen LogP contribution in [0.25, 0.3) is 0 Å². The molecule has 9 heteroatoms. The quantitative estimate of drug-likeness (QED) is 0.153. The van der Waals surface area contributed by atoms with E-state index < -0.39 is 35.5 Å². The topological polar surface area (TPSA) is 24.8 Å². The van der Waals surface area contributed by atoms with Gasteiger partial charge in [-0.05, 0) is 48.8 Å². The number of aryl methyl sites for hydroxylation is 1. The highest BCUT2D eigenvalue weighted by Crippen LogP contribution is 2.48. The standard InChI is InChI=1S/C27H36ClF5N2O/c1-4-6-8-17(3)14-19-15-18-10-11-21(27(32,33)23(18)25(30)24(19)29)22-12-13-35(26(31)34-22)36-16-20(28)9-7-5-2/h12-13,15,17,20-21,26H,4-11,14,16H2,1-3H3. The Bertz CT molecular complexity index is 955. The van der Waals surface area contributed by atoms with Gasteiger partial charge in [0.15, 0.2) is 11.6 Å². The Labute approximate surface area is 215 Å². The number of nitrogens with zero attached hydrogens (tertiary/aromatic N) is 2. The molecular formula is C27H36ClF5N2O. The molecule has 0 saturated carbocycles. The maximum absolute atomic E-state index is 15.5. The fourth-order valence-corrected chi connectivity index (χ4v) is 5.10. The van der Waals surface area contributed by atoms with Crippen molar-refractivity contribution in [1.29, 1.82) is 0 Å². The summed E-state index contributed by atoms with van der Waals surface area (Å²) in [5.74, 6) is -7.93. The zero-order valence-electron chi connectivity index (χ0n) is 21.2. The number of hydrogen-bond donors (Lipinski definition) is 0. The van der Waals surface area contributed by atoms with Gasteiger partial charge in [-0.25, -0.2) is 27.6 Å². The summed E-state index contributed by atoms with van der Waals surface area (Å²) < 4.78 is 75.7. The van der Waals surface area contributed by atoms with Gasteiger partial charge in [0.2, 0.25) is 0 Å². The van der Waals surface area contributed by atoms with E-state index in [2.05, 4.69) is 11.9 Å². The molecule has 0 bridgehead atoms. The maximum atomic E-state index is 15.5. The molecule has 0 radical (unpaired) electrons. The van der Waals surface area contributed by atoms with Crippen LogP contribution in [0.3, 0.4) is 0 Å². The predicted octanol–water partition coefficient (Wildman–Crippen LogP) is 8.24. The molecule has 3 rings (SSSR count). The van der Waals surface area contributed by atoms with Crippen LogP contribution in [0.1, 0.15) is 82.4 Å². The second-order valence-electron chi connectivity index (χ2n) is 9.94. The number of hydroxylamine groups is 2. The third-order valence-electron chi connectivity index (χ3n) is 6.95. The predicted molar refractivity (Wildman–Crippen MR) is 133 cm³/mol. The Morgan fingerprint density at radius 3 is 2.53 bits per heavy atom. The molecule has 1 aromatic carbocycles. The lowest BCUT2D eigenvalue weighted by Crippen LogP contribution is -2.41. The van der Waals surface area contributed by atoms with Crippen molar-refractivity contribution in [1.82, 2.24) is 5.06 Å². The SMILES string of the molecule is CCCCC(C)Cc1cc2c(c(F)c1F)C(F)(F)C(C1=NC(F)N(OCC(Cl)CCCC)C=C1)CC2. The first-order valence-electron chi connectivity index (χ1n) is 12.9. The Morgan fingerprint density at radius 1 is 1.17 bits per heavy atom. The van der Waals surface area contributed by atoms with Crippen LogP contribution in [-0.2, 0) is 23.6 Å². The summed E-state index contributed by atoms with van der Waals surface area (Å²) in [5.41, 5.74) is -0.904. The van der Waals surface area contributed by atoms with Crippen LogP contribution in [0, 0.1) is 23.5 Å². The molecule has 0 saturated heterocycles. The molecule has 0 amide bonds. The van der Waals surface area contributed by atoms with E-state index >= 15 is 13.2 Å². The largest absolute Gasteiger partial charge is 0.288 e. The molecule has 3 nitrogen and oxygen atoms in total. The first-order valence-corrected chi connectivity index (χ1v) is 13.4. The maximum Gasteiger partial charge on any atom is 0.288 e. The van der Waals surface area contributed by atoms with Crippen LogP contribution in [0.5, 0.6) is 0 Å². The smallest absolute Gasteiger partial charge is 0.268 e. The van der Waals surface area contributed by atoms with E-state index in [4.69, 9.17) is 16.4 Å². The Balaban J connectivity index is 1.75. The minimum absolute atomic E-state index is 0.0496. The van der Waals surface area contributed by atoms with Crippen LogP contribution in [0.4, 0.5) is 22.0 Å². The molecule has 0 N–H and O–H groups in total. The molecule has 1 aliphatic carbocycles. The highest BCUT2D eigenvalue weighted by atomic mass is 35.5. The van der Waals surface area contributed by atoms with E-state index in [1.54, 1.807) is 0 Å². The molecule has 0 fully saturated rings. The number of fused-ring (bicyclic) bond motifs is 1. The molecule has 1 aromatic rings. The third kappa shape index (κ3) is 6.60. The Hall–Kier alpha value is -1.67. The van der Waals surface area contributed by atoms with Crippen LogP contribution >= 0.6 is 11.6 Å². The summed E-state index contributed by atoms with van der Waals surface area (Å²) in [6, 6.07) is 1.38. The van der Waals surface area contributed by atoms with Crippen molar-refractivity contribution in [3.8, 4) is 0 Å². The molecule has 1 aliphatic heterocycles. The zero-order chi connectivity index (χ0) is 26.5. The normalized spacial score (nSPS) is 22.8. The van der Waals surface area contributed by atoms with Crippen LogP contribution in [0.2, 0.25) is 0 Å². The van der Waals surface area contributed by atoms with Gasteiger partial charge >= 0.3 is 0 Å². The minimum Gasteiger partial charge on any atom is -0.268 e. The van der Waals surface area contributed by atoms with Crippen LogP contribution in [0.15, 0.2) is 23.3 Å². The Kier molecular flexibility index (Phi) is 10.2. The summed E-state index contributed by atoms with van der Waals surface area (Å²) in [7, 11) is 0. The number of halogens is 6. The number of rotatable bonds is 12. The summed E-state index contributed by atoms with van der Waals surface area (Å²) in [4.78, 5) is 9.10. The van der Waals surface area contributed by atoms with Gasteiger partial charge < -0.3 is 0 Å². The van der Waals surface area contributed by atoms with Crippen LogP contribution < -0.4 is 0 Å².